The summed E-state index contributed by atoms with van der Waals surface area (Å²) in [5, 5.41) is 9.27. The van der Waals surface area contributed by atoms with E-state index < -0.39 is 9.84 Å². The number of carbonyl (C=O) groups is 1. The van der Waals surface area contributed by atoms with Gasteiger partial charge < -0.3 is 16.0 Å². The molecule has 0 fully saturated rings. The molecule has 1 atom stereocenters. The molecule has 1 amide bonds. The Morgan fingerprint density at radius 3 is 2.60 bits per heavy atom. The van der Waals surface area contributed by atoms with Crippen molar-refractivity contribution >= 4 is 27.4 Å². The first kappa shape index (κ1) is 21.8. The third-order valence-electron chi connectivity index (χ3n) is 4.91. The largest absolute Gasteiger partial charge is 0.357 e. The Morgan fingerprint density at radius 2 is 1.83 bits per heavy atom. The first-order valence-corrected chi connectivity index (χ1v) is 11.8. The van der Waals surface area contributed by atoms with Crippen LogP contribution in [0.5, 0.6) is 0 Å². The Kier molecular flexibility index (Phi) is 7.46. The van der Waals surface area contributed by atoms with Gasteiger partial charge >= 0.3 is 0 Å². The Labute approximate surface area is 177 Å². The molecular formula is C22H28N4O3S. The molecule has 3 N–H and O–H groups in total. The van der Waals surface area contributed by atoms with Crippen molar-refractivity contribution < 1.29 is 13.2 Å². The van der Waals surface area contributed by atoms with Crippen molar-refractivity contribution in [2.75, 3.05) is 30.7 Å². The zero-order valence-electron chi connectivity index (χ0n) is 17.1. The summed E-state index contributed by atoms with van der Waals surface area (Å²) in [5.41, 5.74) is 1.93. The highest BCUT2D eigenvalue weighted by atomic mass is 32.2. The number of rotatable bonds is 8. The Hall–Kier alpha value is -2.87. The van der Waals surface area contributed by atoms with Gasteiger partial charge in [0.1, 0.15) is 0 Å². The lowest BCUT2D eigenvalue weighted by Gasteiger charge is -2.24. The molecule has 3 rings (SSSR count). The number of aliphatic imine (C=N–C) groups is 1. The van der Waals surface area contributed by atoms with Crippen LogP contribution in [-0.4, -0.2) is 45.7 Å². The molecule has 0 aliphatic carbocycles. The molecule has 8 heteroatoms. The standard InChI is InChI=1S/C22H28N4O3S/c1-2-23-22(24-13-8-14-30(28,29)18-9-4-3-5-10-18)25-16-17-15-21(27)26-20-12-7-6-11-19(17)20/h3-7,9-12,17H,2,8,13-16H2,1H3,(H,26,27)(H2,23,24,25). The van der Waals surface area contributed by atoms with E-state index >= 15 is 0 Å². The van der Waals surface area contributed by atoms with Gasteiger partial charge in [-0.2, -0.15) is 0 Å². The molecule has 1 heterocycles. The number of hydrogen-bond acceptors (Lipinski definition) is 4. The van der Waals surface area contributed by atoms with E-state index in [1.807, 2.05) is 31.2 Å². The molecule has 0 bridgehead atoms. The van der Waals surface area contributed by atoms with E-state index in [9.17, 15) is 13.2 Å². The van der Waals surface area contributed by atoms with Crippen molar-refractivity contribution in [1.29, 1.82) is 0 Å². The summed E-state index contributed by atoms with van der Waals surface area (Å²) in [6, 6.07) is 16.3. The molecule has 0 saturated heterocycles. The first-order chi connectivity index (χ1) is 14.5. The summed E-state index contributed by atoms with van der Waals surface area (Å²) >= 11 is 0. The van der Waals surface area contributed by atoms with E-state index in [1.165, 1.54) is 0 Å². The van der Waals surface area contributed by atoms with Crippen molar-refractivity contribution in [2.24, 2.45) is 4.99 Å². The lowest BCUT2D eigenvalue weighted by molar-refractivity contribution is -0.116. The highest BCUT2D eigenvalue weighted by Crippen LogP contribution is 2.31. The summed E-state index contributed by atoms with van der Waals surface area (Å²) in [5.74, 6) is 0.708. The van der Waals surface area contributed by atoms with E-state index in [0.717, 1.165) is 11.3 Å². The molecule has 2 aromatic rings. The Bertz CT molecular complexity index is 990. The lowest BCUT2D eigenvalue weighted by Crippen LogP contribution is -2.38. The molecule has 160 valence electrons. The van der Waals surface area contributed by atoms with Crippen LogP contribution < -0.4 is 16.0 Å². The van der Waals surface area contributed by atoms with Crippen molar-refractivity contribution in [3.05, 3.63) is 60.2 Å². The summed E-state index contributed by atoms with van der Waals surface area (Å²) in [6.07, 6.45) is 0.867. The number of fused-ring (bicyclic) bond motifs is 1. The quantitative estimate of drug-likeness (QED) is 0.341. The van der Waals surface area contributed by atoms with E-state index in [1.54, 1.807) is 30.3 Å². The van der Waals surface area contributed by atoms with Crippen LogP contribution in [0.1, 0.15) is 31.2 Å². The van der Waals surface area contributed by atoms with Gasteiger partial charge in [0.05, 0.1) is 17.2 Å². The van der Waals surface area contributed by atoms with Crippen molar-refractivity contribution in [2.45, 2.75) is 30.6 Å². The molecule has 0 spiro atoms. The summed E-state index contributed by atoms with van der Waals surface area (Å²) in [7, 11) is -3.28. The maximum atomic E-state index is 12.4. The Balaban J connectivity index is 1.56. The topological polar surface area (TPSA) is 99.7 Å². The van der Waals surface area contributed by atoms with Crippen LogP contribution in [0, 0.1) is 0 Å². The fraction of sp³-hybridized carbons (Fsp3) is 0.364. The number of nitrogens with zero attached hydrogens (tertiary/aromatic N) is 1. The number of sulfone groups is 1. The zero-order valence-corrected chi connectivity index (χ0v) is 17.9. The maximum absolute atomic E-state index is 12.4. The second kappa shape index (κ2) is 10.2. The van der Waals surface area contributed by atoms with Gasteiger partial charge in [-0.25, -0.2) is 8.42 Å². The van der Waals surface area contributed by atoms with Crippen LogP contribution >= 0.6 is 0 Å². The first-order valence-electron chi connectivity index (χ1n) is 10.2. The van der Waals surface area contributed by atoms with Gasteiger partial charge in [-0.05, 0) is 37.1 Å². The Morgan fingerprint density at radius 1 is 1.10 bits per heavy atom. The van der Waals surface area contributed by atoms with Gasteiger partial charge in [0, 0.05) is 31.1 Å². The van der Waals surface area contributed by atoms with Gasteiger partial charge in [0.25, 0.3) is 0 Å². The number of carbonyl (C=O) groups excluding carboxylic acids is 1. The zero-order chi connectivity index (χ0) is 21.4. The van der Waals surface area contributed by atoms with E-state index in [0.29, 0.717) is 43.3 Å². The molecule has 1 aliphatic heterocycles. The third-order valence-corrected chi connectivity index (χ3v) is 6.72. The fourth-order valence-electron chi connectivity index (χ4n) is 3.42. The maximum Gasteiger partial charge on any atom is 0.225 e. The van der Waals surface area contributed by atoms with Crippen LogP contribution in [0.2, 0.25) is 0 Å². The number of nitrogens with one attached hydrogen (secondary N) is 3. The molecular weight excluding hydrogens is 400 g/mol. The summed E-state index contributed by atoms with van der Waals surface area (Å²) < 4.78 is 24.7. The predicted octanol–water partition coefficient (Wildman–Crippen LogP) is 2.53. The number of amides is 1. The highest BCUT2D eigenvalue weighted by molar-refractivity contribution is 7.91. The van der Waals surface area contributed by atoms with Crippen LogP contribution in [-0.2, 0) is 14.6 Å². The van der Waals surface area contributed by atoms with Gasteiger partial charge in [-0.1, -0.05) is 36.4 Å². The van der Waals surface area contributed by atoms with E-state index in [-0.39, 0.29) is 17.6 Å². The van der Waals surface area contributed by atoms with Crippen molar-refractivity contribution in [1.82, 2.24) is 10.6 Å². The molecule has 7 nitrogen and oxygen atoms in total. The van der Waals surface area contributed by atoms with Gasteiger partial charge in [0.15, 0.2) is 15.8 Å². The smallest absolute Gasteiger partial charge is 0.225 e. The molecule has 1 aliphatic rings. The second-order valence-corrected chi connectivity index (χ2v) is 9.28. The average molecular weight is 429 g/mol. The van der Waals surface area contributed by atoms with Crippen molar-refractivity contribution in [3.8, 4) is 0 Å². The fourth-order valence-corrected chi connectivity index (χ4v) is 4.75. The monoisotopic (exact) mass is 428 g/mol. The van der Waals surface area contributed by atoms with Gasteiger partial charge in [-0.15, -0.1) is 0 Å². The minimum Gasteiger partial charge on any atom is -0.357 e. The second-order valence-electron chi connectivity index (χ2n) is 7.17. The molecule has 2 aromatic carbocycles. The van der Waals surface area contributed by atoms with E-state index in [2.05, 4.69) is 20.9 Å². The summed E-state index contributed by atoms with van der Waals surface area (Å²) in [4.78, 5) is 17.0. The average Bonchev–Trinajstić information content (AvgIpc) is 2.75. The summed E-state index contributed by atoms with van der Waals surface area (Å²) in [6.45, 7) is 3.62. The minimum atomic E-state index is -3.28. The van der Waals surface area contributed by atoms with Gasteiger partial charge in [0.2, 0.25) is 5.91 Å². The van der Waals surface area contributed by atoms with Crippen LogP contribution in [0.25, 0.3) is 0 Å². The number of benzene rings is 2. The molecule has 30 heavy (non-hydrogen) atoms. The lowest BCUT2D eigenvalue weighted by atomic mass is 9.91. The predicted molar refractivity (Wildman–Crippen MR) is 120 cm³/mol. The van der Waals surface area contributed by atoms with Crippen molar-refractivity contribution in [3.63, 3.8) is 0 Å². The SMILES string of the molecule is CCNC(=NCC1CC(=O)Nc2ccccc21)NCCCS(=O)(=O)c1ccccc1. The molecule has 0 aromatic heterocycles. The van der Waals surface area contributed by atoms with Crippen LogP contribution in [0.15, 0.2) is 64.5 Å². The molecule has 0 radical (unpaired) electrons. The normalized spacial score (nSPS) is 16.5. The number of hydrogen-bond donors (Lipinski definition) is 3. The van der Waals surface area contributed by atoms with E-state index in [4.69, 9.17) is 0 Å². The number of guanidine groups is 1. The highest BCUT2D eigenvalue weighted by Gasteiger charge is 2.24. The molecule has 0 saturated carbocycles. The van der Waals surface area contributed by atoms with Crippen LogP contribution in [0.3, 0.4) is 0 Å². The third kappa shape index (κ3) is 5.82. The number of anilines is 1. The number of para-hydroxylation sites is 1. The van der Waals surface area contributed by atoms with Crippen LogP contribution in [0.4, 0.5) is 5.69 Å². The van der Waals surface area contributed by atoms with Gasteiger partial charge in [-0.3, -0.25) is 9.79 Å². The minimum absolute atomic E-state index is 0.00187. The molecule has 1 unspecified atom stereocenters.